The van der Waals surface area contributed by atoms with E-state index in [0.29, 0.717) is 17.7 Å². The highest BCUT2D eigenvalue weighted by molar-refractivity contribution is 9.10. The van der Waals surface area contributed by atoms with Gasteiger partial charge in [0.25, 0.3) is 0 Å². The van der Waals surface area contributed by atoms with Gasteiger partial charge in [-0.25, -0.2) is 4.79 Å². The lowest BCUT2D eigenvalue weighted by Crippen LogP contribution is -2.18. The van der Waals surface area contributed by atoms with Crippen LogP contribution in [0.2, 0.25) is 0 Å². The van der Waals surface area contributed by atoms with E-state index in [-0.39, 0.29) is 10.6 Å². The molecule has 1 atom stereocenters. The summed E-state index contributed by atoms with van der Waals surface area (Å²) in [5, 5.41) is 0. The lowest BCUT2D eigenvalue weighted by Gasteiger charge is -2.11. The number of ether oxygens (including phenoxy) is 1. The zero-order chi connectivity index (χ0) is 13.0. The second-order valence-corrected chi connectivity index (χ2v) is 5.07. The molecule has 0 aromatic heterocycles. The number of ketones is 1. The maximum atomic E-state index is 12.0. The number of benzene rings is 1. The summed E-state index contributed by atoms with van der Waals surface area (Å²) in [7, 11) is 0. The van der Waals surface area contributed by atoms with Gasteiger partial charge in [0.15, 0.2) is 5.78 Å². The van der Waals surface area contributed by atoms with Crippen LogP contribution in [0.3, 0.4) is 0 Å². The Labute approximate surface area is 109 Å². The molecule has 0 aliphatic carbocycles. The highest BCUT2D eigenvalue weighted by Crippen LogP contribution is 2.20. The third-order valence-corrected chi connectivity index (χ3v) is 2.79. The van der Waals surface area contributed by atoms with Crippen molar-refractivity contribution in [2.75, 3.05) is 6.61 Å². The molecule has 4 heteroatoms. The largest absolute Gasteiger partial charge is 0.462 e. The third-order valence-electron chi connectivity index (χ3n) is 2.38. The van der Waals surface area contributed by atoms with Gasteiger partial charge < -0.3 is 4.74 Å². The van der Waals surface area contributed by atoms with Crippen LogP contribution in [0.1, 0.15) is 40.1 Å². The number of halogens is 1. The summed E-state index contributed by atoms with van der Waals surface area (Å²) >= 11 is 3.23. The molecule has 0 aliphatic rings. The van der Waals surface area contributed by atoms with Crippen LogP contribution in [0.5, 0.6) is 0 Å². The van der Waals surface area contributed by atoms with E-state index < -0.39 is 5.97 Å². The smallest absolute Gasteiger partial charge is 0.338 e. The van der Waals surface area contributed by atoms with Gasteiger partial charge in [0.2, 0.25) is 0 Å². The van der Waals surface area contributed by atoms with Crippen LogP contribution in [0, 0.1) is 6.92 Å². The number of carbonyl (C=O) groups excluding carboxylic acids is 2. The molecule has 0 radical (unpaired) electrons. The molecule has 17 heavy (non-hydrogen) atoms. The molecular weight excluding hydrogens is 284 g/mol. The summed E-state index contributed by atoms with van der Waals surface area (Å²) in [5.74, 6) is -0.557. The Balaban J connectivity index is 3.26. The first-order chi connectivity index (χ1) is 7.99. The fourth-order valence-corrected chi connectivity index (χ4v) is 1.80. The van der Waals surface area contributed by atoms with Crippen LogP contribution >= 0.6 is 15.9 Å². The summed E-state index contributed by atoms with van der Waals surface area (Å²) in [5.41, 5.74) is 1.56. The molecule has 1 aromatic carbocycles. The van der Waals surface area contributed by atoms with Gasteiger partial charge in [-0.3, -0.25) is 4.79 Å². The van der Waals surface area contributed by atoms with Gasteiger partial charge in [-0.1, -0.05) is 28.1 Å². The van der Waals surface area contributed by atoms with E-state index in [9.17, 15) is 9.59 Å². The molecule has 0 N–H and O–H groups in total. The van der Waals surface area contributed by atoms with Gasteiger partial charge in [0, 0.05) is 5.56 Å². The minimum atomic E-state index is -0.451. The number of alkyl halides is 1. The molecule has 1 aromatic rings. The number of esters is 1. The van der Waals surface area contributed by atoms with Crippen molar-refractivity contribution >= 4 is 27.7 Å². The molecule has 0 heterocycles. The van der Waals surface area contributed by atoms with E-state index in [1.165, 1.54) is 0 Å². The lowest BCUT2D eigenvalue weighted by molar-refractivity contribution is 0.0523. The van der Waals surface area contributed by atoms with Crippen molar-refractivity contribution in [2.24, 2.45) is 0 Å². The van der Waals surface area contributed by atoms with Crippen molar-refractivity contribution in [3.8, 4) is 0 Å². The molecule has 0 spiro atoms. The van der Waals surface area contributed by atoms with Gasteiger partial charge in [0.1, 0.15) is 0 Å². The molecular formula is C13H15BrO3. The second kappa shape index (κ2) is 5.96. The molecule has 1 rings (SSSR count). The molecule has 3 nitrogen and oxygen atoms in total. The van der Waals surface area contributed by atoms with Crippen molar-refractivity contribution in [3.05, 3.63) is 34.9 Å². The number of hydrogen-bond donors (Lipinski definition) is 0. The fourth-order valence-electron chi connectivity index (χ4n) is 1.57. The van der Waals surface area contributed by atoms with E-state index in [0.717, 1.165) is 5.56 Å². The van der Waals surface area contributed by atoms with Gasteiger partial charge >= 0.3 is 5.97 Å². The first kappa shape index (κ1) is 13.9. The zero-order valence-electron chi connectivity index (χ0n) is 10.1. The van der Waals surface area contributed by atoms with E-state index in [1.54, 1.807) is 26.0 Å². The Kier molecular flexibility index (Phi) is 4.87. The van der Waals surface area contributed by atoms with Crippen LogP contribution in [0.4, 0.5) is 0 Å². The number of rotatable bonds is 4. The summed E-state index contributed by atoms with van der Waals surface area (Å²) in [6.07, 6.45) is 0. The molecule has 0 fully saturated rings. The molecule has 1 unspecified atom stereocenters. The van der Waals surface area contributed by atoms with Crippen molar-refractivity contribution in [1.82, 2.24) is 0 Å². The molecule has 0 aliphatic heterocycles. The summed E-state index contributed by atoms with van der Waals surface area (Å²) < 4.78 is 4.95. The normalized spacial score (nSPS) is 12.0. The molecule has 0 bridgehead atoms. The monoisotopic (exact) mass is 298 g/mol. The fraction of sp³-hybridized carbons (Fsp3) is 0.385. The van der Waals surface area contributed by atoms with Crippen LogP contribution in [-0.2, 0) is 4.74 Å². The lowest BCUT2D eigenvalue weighted by atomic mass is 9.97. The predicted molar refractivity (Wildman–Crippen MR) is 69.9 cm³/mol. The van der Waals surface area contributed by atoms with Crippen molar-refractivity contribution in [3.63, 3.8) is 0 Å². The summed E-state index contributed by atoms with van der Waals surface area (Å²) in [6, 6.07) is 5.18. The Morgan fingerprint density at radius 3 is 2.59 bits per heavy atom. The molecule has 0 saturated carbocycles. The van der Waals surface area contributed by atoms with Crippen molar-refractivity contribution < 1.29 is 14.3 Å². The standard InChI is InChI=1S/C13H15BrO3/c1-4-17-13(16)10-7-5-6-8(2)11(10)12(15)9(3)14/h5-7,9H,4H2,1-3H3. The highest BCUT2D eigenvalue weighted by atomic mass is 79.9. The Morgan fingerprint density at radius 2 is 2.06 bits per heavy atom. The van der Waals surface area contributed by atoms with Crippen molar-refractivity contribution in [2.45, 2.75) is 25.6 Å². The van der Waals surface area contributed by atoms with Gasteiger partial charge in [-0.2, -0.15) is 0 Å². The molecule has 0 saturated heterocycles. The quantitative estimate of drug-likeness (QED) is 0.487. The van der Waals surface area contributed by atoms with Gasteiger partial charge in [0.05, 0.1) is 17.0 Å². The average molecular weight is 299 g/mol. The maximum Gasteiger partial charge on any atom is 0.338 e. The minimum absolute atomic E-state index is 0.105. The van der Waals surface area contributed by atoms with E-state index >= 15 is 0 Å². The number of aryl methyl sites for hydroxylation is 1. The Morgan fingerprint density at radius 1 is 1.41 bits per heavy atom. The maximum absolute atomic E-state index is 12.0. The van der Waals surface area contributed by atoms with Crippen LogP contribution in [-0.4, -0.2) is 23.2 Å². The van der Waals surface area contributed by atoms with E-state index in [4.69, 9.17) is 4.74 Å². The summed E-state index contributed by atoms with van der Waals surface area (Å²) in [4.78, 5) is 23.5. The molecule has 0 amide bonds. The predicted octanol–water partition coefficient (Wildman–Crippen LogP) is 3.14. The van der Waals surface area contributed by atoms with E-state index in [1.807, 2.05) is 13.0 Å². The second-order valence-electron chi connectivity index (χ2n) is 3.70. The number of Topliss-reactive ketones (excluding diaryl/α,β-unsaturated/α-hetero) is 1. The zero-order valence-corrected chi connectivity index (χ0v) is 11.7. The SMILES string of the molecule is CCOC(=O)c1cccc(C)c1C(=O)C(C)Br. The Hall–Kier alpha value is -1.16. The number of carbonyl (C=O) groups is 2. The minimum Gasteiger partial charge on any atom is -0.462 e. The van der Waals surface area contributed by atoms with Crippen molar-refractivity contribution in [1.29, 1.82) is 0 Å². The highest BCUT2D eigenvalue weighted by Gasteiger charge is 2.22. The van der Waals surface area contributed by atoms with E-state index in [2.05, 4.69) is 15.9 Å². The third kappa shape index (κ3) is 3.16. The molecule has 92 valence electrons. The first-order valence-corrected chi connectivity index (χ1v) is 6.35. The topological polar surface area (TPSA) is 43.4 Å². The van der Waals surface area contributed by atoms with Crippen LogP contribution in [0.15, 0.2) is 18.2 Å². The number of hydrogen-bond acceptors (Lipinski definition) is 3. The summed E-state index contributed by atoms with van der Waals surface area (Å²) in [6.45, 7) is 5.58. The van der Waals surface area contributed by atoms with Crippen LogP contribution < -0.4 is 0 Å². The average Bonchev–Trinajstić information content (AvgIpc) is 2.28. The van der Waals surface area contributed by atoms with Gasteiger partial charge in [-0.05, 0) is 32.4 Å². The van der Waals surface area contributed by atoms with Crippen LogP contribution in [0.25, 0.3) is 0 Å². The Bertz CT molecular complexity index is 438. The first-order valence-electron chi connectivity index (χ1n) is 5.44. The van der Waals surface area contributed by atoms with Gasteiger partial charge in [-0.15, -0.1) is 0 Å².